The quantitative estimate of drug-likeness (QED) is 0.708. The van der Waals surface area contributed by atoms with Gasteiger partial charge in [-0.3, -0.25) is 4.79 Å². The topological polar surface area (TPSA) is 93.0 Å². The molecule has 0 fully saturated rings. The Hall–Kier alpha value is -2.88. The monoisotopic (exact) mass is 382 g/mol. The fourth-order valence-corrected chi connectivity index (χ4v) is 2.80. The molecule has 2 N–H and O–H groups in total. The second-order valence-corrected chi connectivity index (χ2v) is 6.18. The van der Waals surface area contributed by atoms with Gasteiger partial charge in [0.05, 0.1) is 12.6 Å². The van der Waals surface area contributed by atoms with Crippen LogP contribution in [0.4, 0.5) is 13.2 Å². The molecule has 0 aliphatic carbocycles. The Balaban J connectivity index is 2.07. The van der Waals surface area contributed by atoms with Crippen molar-refractivity contribution >= 4 is 11.0 Å². The number of aliphatic hydroxyl groups is 1. The average Bonchev–Trinajstić information content (AvgIpc) is 2.93. The van der Waals surface area contributed by atoms with Crippen molar-refractivity contribution < 1.29 is 23.0 Å². The molecule has 0 saturated heterocycles. The predicted molar refractivity (Wildman–Crippen MR) is 90.3 cm³/mol. The number of rotatable bonds is 5. The van der Waals surface area contributed by atoms with Crippen LogP contribution < -0.4 is 10.3 Å². The molecule has 0 bridgehead atoms. The Labute approximate surface area is 151 Å². The lowest BCUT2D eigenvalue weighted by Crippen LogP contribution is -2.20. The lowest BCUT2D eigenvalue weighted by Gasteiger charge is -2.17. The van der Waals surface area contributed by atoms with Gasteiger partial charge in [0, 0.05) is 6.92 Å². The van der Waals surface area contributed by atoms with Gasteiger partial charge in [-0.15, -0.1) is 0 Å². The SMILES string of the molecule is Cc1nc2c(c(CO)nn2C(C)c2ccc(OC(C)(F)F)c(F)c2)c(=O)[nH]1. The van der Waals surface area contributed by atoms with E-state index < -0.39 is 35.9 Å². The third-order valence-corrected chi connectivity index (χ3v) is 4.00. The van der Waals surface area contributed by atoms with Crippen LogP contribution in [0.5, 0.6) is 5.75 Å². The van der Waals surface area contributed by atoms with Gasteiger partial charge >= 0.3 is 6.11 Å². The van der Waals surface area contributed by atoms with E-state index in [1.807, 2.05) is 0 Å². The van der Waals surface area contributed by atoms with Gasteiger partial charge in [0.2, 0.25) is 0 Å². The minimum Gasteiger partial charge on any atom is -0.430 e. The zero-order valence-electron chi connectivity index (χ0n) is 14.8. The summed E-state index contributed by atoms with van der Waals surface area (Å²) in [6.45, 7) is 3.31. The van der Waals surface area contributed by atoms with Gasteiger partial charge < -0.3 is 14.8 Å². The first-order valence-electron chi connectivity index (χ1n) is 8.06. The minimum atomic E-state index is -3.51. The molecule has 0 radical (unpaired) electrons. The van der Waals surface area contributed by atoms with E-state index in [0.29, 0.717) is 18.3 Å². The fraction of sp³-hybridized carbons (Fsp3) is 0.353. The number of alkyl halides is 2. The van der Waals surface area contributed by atoms with Crippen molar-refractivity contribution in [2.45, 2.75) is 39.5 Å². The number of nitrogens with zero attached hydrogens (tertiary/aromatic N) is 3. The summed E-state index contributed by atoms with van der Waals surface area (Å²) < 4.78 is 45.7. The van der Waals surface area contributed by atoms with Gasteiger partial charge in [0.25, 0.3) is 5.56 Å². The van der Waals surface area contributed by atoms with Crippen LogP contribution in [-0.2, 0) is 6.61 Å². The number of aromatic amines is 1. The van der Waals surface area contributed by atoms with Gasteiger partial charge in [-0.1, -0.05) is 6.07 Å². The summed E-state index contributed by atoms with van der Waals surface area (Å²) in [4.78, 5) is 19.0. The molecule has 27 heavy (non-hydrogen) atoms. The highest BCUT2D eigenvalue weighted by atomic mass is 19.3. The summed E-state index contributed by atoms with van der Waals surface area (Å²) in [6, 6.07) is 2.98. The van der Waals surface area contributed by atoms with Crippen molar-refractivity contribution in [2.24, 2.45) is 0 Å². The summed E-state index contributed by atoms with van der Waals surface area (Å²) >= 11 is 0. The first kappa shape index (κ1) is 18.9. The predicted octanol–water partition coefficient (Wildman–Crippen LogP) is 2.66. The van der Waals surface area contributed by atoms with Crippen LogP contribution in [0.1, 0.15) is 37.0 Å². The van der Waals surface area contributed by atoms with Crippen molar-refractivity contribution in [1.29, 1.82) is 0 Å². The average molecular weight is 382 g/mol. The van der Waals surface area contributed by atoms with Crippen molar-refractivity contribution in [3.05, 3.63) is 51.5 Å². The molecule has 0 aliphatic heterocycles. The zero-order valence-corrected chi connectivity index (χ0v) is 14.8. The van der Waals surface area contributed by atoms with Crippen molar-refractivity contribution in [3.63, 3.8) is 0 Å². The van der Waals surface area contributed by atoms with Crippen LogP contribution in [0.3, 0.4) is 0 Å². The maximum Gasteiger partial charge on any atom is 0.395 e. The molecule has 7 nitrogen and oxygen atoms in total. The molecule has 3 rings (SSSR count). The molecule has 1 aromatic carbocycles. The molecule has 0 amide bonds. The van der Waals surface area contributed by atoms with Crippen LogP contribution >= 0.6 is 0 Å². The Bertz CT molecular complexity index is 1060. The number of aromatic nitrogens is 4. The van der Waals surface area contributed by atoms with E-state index in [9.17, 15) is 23.1 Å². The van der Waals surface area contributed by atoms with E-state index in [2.05, 4.69) is 19.8 Å². The smallest absolute Gasteiger partial charge is 0.395 e. The Morgan fingerprint density at radius 2 is 2.11 bits per heavy atom. The Morgan fingerprint density at radius 3 is 2.70 bits per heavy atom. The highest BCUT2D eigenvalue weighted by Gasteiger charge is 2.26. The van der Waals surface area contributed by atoms with Gasteiger partial charge in [-0.05, 0) is 31.5 Å². The molecule has 2 aromatic heterocycles. The number of nitrogens with one attached hydrogen (secondary N) is 1. The van der Waals surface area contributed by atoms with E-state index in [4.69, 9.17) is 0 Å². The molecule has 1 atom stereocenters. The van der Waals surface area contributed by atoms with Gasteiger partial charge in [-0.25, -0.2) is 14.1 Å². The summed E-state index contributed by atoms with van der Waals surface area (Å²) in [5, 5.41) is 13.8. The second kappa shape index (κ2) is 6.69. The van der Waals surface area contributed by atoms with Crippen LogP contribution in [0.2, 0.25) is 0 Å². The first-order chi connectivity index (χ1) is 12.6. The number of aliphatic hydroxyl groups excluding tert-OH is 1. The summed E-state index contributed by atoms with van der Waals surface area (Å²) in [5.74, 6) is -1.18. The van der Waals surface area contributed by atoms with Crippen molar-refractivity contribution in [2.75, 3.05) is 0 Å². The van der Waals surface area contributed by atoms with Crippen molar-refractivity contribution in [1.82, 2.24) is 19.7 Å². The van der Waals surface area contributed by atoms with Crippen molar-refractivity contribution in [3.8, 4) is 5.75 Å². The number of fused-ring (bicyclic) bond motifs is 1. The highest BCUT2D eigenvalue weighted by molar-refractivity contribution is 5.77. The molecule has 10 heteroatoms. The van der Waals surface area contributed by atoms with Crippen LogP contribution in [0.25, 0.3) is 11.0 Å². The number of H-pyrrole nitrogens is 1. The molecule has 144 valence electrons. The van der Waals surface area contributed by atoms with Crippen LogP contribution in [0, 0.1) is 12.7 Å². The zero-order chi connectivity index (χ0) is 19.9. The maximum absolute atomic E-state index is 14.2. The van der Waals surface area contributed by atoms with E-state index in [0.717, 1.165) is 12.1 Å². The normalized spacial score (nSPS) is 13.1. The van der Waals surface area contributed by atoms with Gasteiger partial charge in [0.1, 0.15) is 16.9 Å². The Morgan fingerprint density at radius 1 is 1.41 bits per heavy atom. The highest BCUT2D eigenvalue weighted by Crippen LogP contribution is 2.29. The lowest BCUT2D eigenvalue weighted by molar-refractivity contribution is -0.160. The Kier molecular flexibility index (Phi) is 4.68. The number of ether oxygens (including phenoxy) is 1. The first-order valence-corrected chi connectivity index (χ1v) is 8.06. The van der Waals surface area contributed by atoms with Crippen LogP contribution in [-0.4, -0.2) is 31.0 Å². The van der Waals surface area contributed by atoms with E-state index in [1.165, 1.54) is 10.7 Å². The fourth-order valence-electron chi connectivity index (χ4n) is 2.80. The van der Waals surface area contributed by atoms with Gasteiger partial charge in [-0.2, -0.15) is 13.9 Å². The number of hydrogen-bond donors (Lipinski definition) is 2. The molecule has 3 aromatic rings. The number of aryl methyl sites for hydroxylation is 1. The number of halogens is 3. The third-order valence-electron chi connectivity index (χ3n) is 4.00. The largest absolute Gasteiger partial charge is 0.430 e. The summed E-state index contributed by atoms with van der Waals surface area (Å²) in [7, 11) is 0. The molecule has 0 aliphatic rings. The molecule has 0 saturated carbocycles. The minimum absolute atomic E-state index is 0.136. The second-order valence-electron chi connectivity index (χ2n) is 6.18. The summed E-state index contributed by atoms with van der Waals surface area (Å²) in [5.41, 5.74) is 0.318. The van der Waals surface area contributed by atoms with E-state index >= 15 is 0 Å². The number of hydrogen-bond acceptors (Lipinski definition) is 5. The lowest BCUT2D eigenvalue weighted by atomic mass is 10.1. The summed E-state index contributed by atoms with van der Waals surface area (Å²) in [6.07, 6.45) is -3.51. The standard InChI is InChI=1S/C17H17F3N4O3/c1-8(10-4-5-13(11(18)6-10)27-17(3,19)20)24-15-14(12(7-25)23-24)16(26)22-9(2)21-15/h4-6,8,25H,7H2,1-3H3,(H,21,22,26). The molecule has 2 heterocycles. The van der Waals surface area contributed by atoms with Gasteiger partial charge in [0.15, 0.2) is 17.2 Å². The molecule has 1 unspecified atom stereocenters. The molecular weight excluding hydrogens is 365 g/mol. The maximum atomic E-state index is 14.2. The van der Waals surface area contributed by atoms with Crippen LogP contribution in [0.15, 0.2) is 23.0 Å². The molecular formula is C17H17F3N4O3. The van der Waals surface area contributed by atoms with E-state index in [1.54, 1.807) is 13.8 Å². The number of benzene rings is 1. The van der Waals surface area contributed by atoms with E-state index in [-0.39, 0.29) is 16.7 Å². The molecule has 0 spiro atoms. The third kappa shape index (κ3) is 3.65.